The SMILES string of the molecule is CCNc1cccc(-c2cnc3ccccc3c2)n1. The quantitative estimate of drug-likeness (QED) is 0.768. The van der Waals surface area contributed by atoms with E-state index in [-0.39, 0.29) is 0 Å². The highest BCUT2D eigenvalue weighted by molar-refractivity contribution is 5.82. The molecule has 0 saturated carbocycles. The van der Waals surface area contributed by atoms with Gasteiger partial charge in [0.2, 0.25) is 0 Å². The third-order valence-electron chi connectivity index (χ3n) is 2.99. The molecule has 19 heavy (non-hydrogen) atoms. The van der Waals surface area contributed by atoms with Crippen molar-refractivity contribution >= 4 is 16.7 Å². The molecular formula is C16H15N3. The fraction of sp³-hybridized carbons (Fsp3) is 0.125. The van der Waals surface area contributed by atoms with Crippen molar-refractivity contribution in [2.75, 3.05) is 11.9 Å². The minimum absolute atomic E-state index is 0.867. The normalized spacial score (nSPS) is 10.6. The van der Waals surface area contributed by atoms with Crippen molar-refractivity contribution in [2.24, 2.45) is 0 Å². The molecular weight excluding hydrogens is 234 g/mol. The molecule has 3 nitrogen and oxygen atoms in total. The van der Waals surface area contributed by atoms with E-state index >= 15 is 0 Å². The van der Waals surface area contributed by atoms with E-state index in [9.17, 15) is 0 Å². The molecule has 2 heterocycles. The first-order valence-electron chi connectivity index (χ1n) is 6.43. The van der Waals surface area contributed by atoms with Gasteiger partial charge in [0, 0.05) is 23.7 Å². The van der Waals surface area contributed by atoms with E-state index in [1.165, 1.54) is 0 Å². The third-order valence-corrected chi connectivity index (χ3v) is 2.99. The summed E-state index contributed by atoms with van der Waals surface area (Å²) in [6, 6.07) is 16.2. The molecule has 0 radical (unpaired) electrons. The van der Waals surface area contributed by atoms with E-state index in [0.717, 1.165) is 34.5 Å². The molecule has 0 aliphatic heterocycles. The third kappa shape index (κ3) is 2.40. The van der Waals surface area contributed by atoms with Crippen molar-refractivity contribution in [2.45, 2.75) is 6.92 Å². The van der Waals surface area contributed by atoms with Gasteiger partial charge >= 0.3 is 0 Å². The maximum absolute atomic E-state index is 4.59. The van der Waals surface area contributed by atoms with Crippen LogP contribution in [-0.2, 0) is 0 Å². The van der Waals surface area contributed by atoms with Crippen LogP contribution < -0.4 is 5.32 Å². The lowest BCUT2D eigenvalue weighted by atomic mass is 10.1. The largest absolute Gasteiger partial charge is 0.370 e. The molecule has 0 aliphatic carbocycles. The molecule has 3 heteroatoms. The standard InChI is InChI=1S/C16H15N3/c1-2-17-16-9-5-8-15(19-16)13-10-12-6-3-4-7-14(12)18-11-13/h3-11H,2H2,1H3,(H,17,19). The predicted octanol–water partition coefficient (Wildman–Crippen LogP) is 3.73. The van der Waals surface area contributed by atoms with Crippen LogP contribution in [0.1, 0.15) is 6.92 Å². The zero-order chi connectivity index (χ0) is 13.1. The van der Waals surface area contributed by atoms with Gasteiger partial charge in [0.1, 0.15) is 5.82 Å². The molecule has 0 amide bonds. The summed E-state index contributed by atoms with van der Waals surface area (Å²) in [5.74, 6) is 0.896. The van der Waals surface area contributed by atoms with E-state index in [4.69, 9.17) is 0 Å². The Bertz CT molecular complexity index is 707. The van der Waals surface area contributed by atoms with Crippen molar-refractivity contribution in [1.82, 2.24) is 9.97 Å². The van der Waals surface area contributed by atoms with Crippen LogP contribution in [0.2, 0.25) is 0 Å². The van der Waals surface area contributed by atoms with Gasteiger partial charge in [-0.3, -0.25) is 4.98 Å². The molecule has 1 aromatic carbocycles. The highest BCUT2D eigenvalue weighted by Crippen LogP contribution is 2.22. The molecule has 0 atom stereocenters. The number of benzene rings is 1. The smallest absolute Gasteiger partial charge is 0.126 e. The summed E-state index contributed by atoms with van der Waals surface area (Å²) in [7, 11) is 0. The highest BCUT2D eigenvalue weighted by atomic mass is 15.0. The lowest BCUT2D eigenvalue weighted by molar-refractivity contribution is 1.16. The van der Waals surface area contributed by atoms with Gasteiger partial charge in [-0.2, -0.15) is 0 Å². The van der Waals surface area contributed by atoms with Gasteiger partial charge < -0.3 is 5.32 Å². The second-order valence-electron chi connectivity index (χ2n) is 4.36. The first-order valence-corrected chi connectivity index (χ1v) is 6.43. The Morgan fingerprint density at radius 3 is 2.84 bits per heavy atom. The van der Waals surface area contributed by atoms with Gasteiger partial charge in [0.15, 0.2) is 0 Å². The van der Waals surface area contributed by atoms with Crippen molar-refractivity contribution in [1.29, 1.82) is 0 Å². The zero-order valence-corrected chi connectivity index (χ0v) is 10.8. The Morgan fingerprint density at radius 2 is 1.95 bits per heavy atom. The van der Waals surface area contributed by atoms with Crippen molar-refractivity contribution < 1.29 is 0 Å². The van der Waals surface area contributed by atoms with Gasteiger partial charge in [0.05, 0.1) is 11.2 Å². The molecule has 94 valence electrons. The Hall–Kier alpha value is -2.42. The van der Waals surface area contributed by atoms with Crippen LogP contribution in [0.5, 0.6) is 0 Å². The first-order chi connectivity index (χ1) is 9.36. The van der Waals surface area contributed by atoms with Gasteiger partial charge in [-0.15, -0.1) is 0 Å². The number of fused-ring (bicyclic) bond motifs is 1. The summed E-state index contributed by atoms with van der Waals surface area (Å²) < 4.78 is 0. The number of nitrogens with zero attached hydrogens (tertiary/aromatic N) is 2. The van der Waals surface area contributed by atoms with Crippen LogP contribution in [0, 0.1) is 0 Å². The van der Waals surface area contributed by atoms with Gasteiger partial charge in [0.25, 0.3) is 0 Å². The number of anilines is 1. The molecule has 3 aromatic rings. The topological polar surface area (TPSA) is 37.8 Å². The maximum Gasteiger partial charge on any atom is 0.126 e. The summed E-state index contributed by atoms with van der Waals surface area (Å²) in [5, 5.41) is 4.36. The summed E-state index contributed by atoms with van der Waals surface area (Å²) in [4.78, 5) is 9.06. The van der Waals surface area contributed by atoms with E-state index < -0.39 is 0 Å². The number of hydrogen-bond acceptors (Lipinski definition) is 3. The van der Waals surface area contributed by atoms with Crippen LogP contribution in [0.15, 0.2) is 54.7 Å². The van der Waals surface area contributed by atoms with E-state index in [1.54, 1.807) is 0 Å². The van der Waals surface area contributed by atoms with Crippen molar-refractivity contribution in [3.8, 4) is 11.3 Å². The Balaban J connectivity index is 2.05. The molecule has 2 aromatic heterocycles. The average Bonchev–Trinajstić information content (AvgIpc) is 2.47. The van der Waals surface area contributed by atoms with Crippen LogP contribution in [0.25, 0.3) is 22.2 Å². The monoisotopic (exact) mass is 249 g/mol. The first kappa shape index (κ1) is 11.7. The number of aromatic nitrogens is 2. The zero-order valence-electron chi connectivity index (χ0n) is 10.8. The summed E-state index contributed by atoms with van der Waals surface area (Å²) in [5.41, 5.74) is 2.99. The van der Waals surface area contributed by atoms with Gasteiger partial charge in [-0.1, -0.05) is 24.3 Å². The van der Waals surface area contributed by atoms with E-state index in [2.05, 4.69) is 34.3 Å². The Morgan fingerprint density at radius 1 is 1.05 bits per heavy atom. The minimum atomic E-state index is 0.867. The van der Waals surface area contributed by atoms with Crippen LogP contribution in [0.3, 0.4) is 0 Å². The number of para-hydroxylation sites is 1. The summed E-state index contributed by atoms with van der Waals surface area (Å²) >= 11 is 0. The summed E-state index contributed by atoms with van der Waals surface area (Å²) in [6.45, 7) is 2.93. The minimum Gasteiger partial charge on any atom is -0.370 e. The van der Waals surface area contributed by atoms with Crippen molar-refractivity contribution in [3.05, 3.63) is 54.7 Å². The predicted molar refractivity (Wildman–Crippen MR) is 79.1 cm³/mol. The summed E-state index contributed by atoms with van der Waals surface area (Å²) in [6.07, 6.45) is 1.88. The molecule has 1 N–H and O–H groups in total. The van der Waals surface area contributed by atoms with Crippen LogP contribution >= 0.6 is 0 Å². The molecule has 0 spiro atoms. The lowest BCUT2D eigenvalue weighted by Gasteiger charge is -2.06. The van der Waals surface area contributed by atoms with Crippen LogP contribution in [-0.4, -0.2) is 16.5 Å². The fourth-order valence-electron chi connectivity index (χ4n) is 2.09. The second-order valence-corrected chi connectivity index (χ2v) is 4.36. The van der Waals surface area contributed by atoms with Crippen LogP contribution in [0.4, 0.5) is 5.82 Å². The van der Waals surface area contributed by atoms with Gasteiger partial charge in [-0.25, -0.2) is 4.98 Å². The molecule has 0 bridgehead atoms. The Labute approximate surface area is 112 Å². The number of rotatable bonds is 3. The molecule has 0 saturated heterocycles. The molecule has 0 aliphatic rings. The molecule has 0 fully saturated rings. The molecule has 0 unspecified atom stereocenters. The van der Waals surface area contributed by atoms with Crippen molar-refractivity contribution in [3.63, 3.8) is 0 Å². The fourth-order valence-corrected chi connectivity index (χ4v) is 2.09. The second kappa shape index (κ2) is 5.06. The lowest BCUT2D eigenvalue weighted by Crippen LogP contribution is -1.99. The maximum atomic E-state index is 4.59. The number of pyridine rings is 2. The Kier molecular flexibility index (Phi) is 3.11. The highest BCUT2D eigenvalue weighted by Gasteiger charge is 2.02. The van der Waals surface area contributed by atoms with Gasteiger partial charge in [-0.05, 0) is 31.2 Å². The number of nitrogens with one attached hydrogen (secondary N) is 1. The van der Waals surface area contributed by atoms with E-state index in [0.29, 0.717) is 0 Å². The average molecular weight is 249 g/mol. The molecule has 3 rings (SSSR count). The van der Waals surface area contributed by atoms with E-state index in [1.807, 2.05) is 42.6 Å². The number of hydrogen-bond donors (Lipinski definition) is 1.